The van der Waals surface area contributed by atoms with E-state index in [1.54, 1.807) is 18.2 Å². The van der Waals surface area contributed by atoms with E-state index in [0.717, 1.165) is 5.56 Å². The molecule has 0 aliphatic rings. The summed E-state index contributed by atoms with van der Waals surface area (Å²) in [6.45, 7) is 0.314. The molecule has 20 heavy (non-hydrogen) atoms. The molecule has 0 spiro atoms. The molecule has 4 nitrogen and oxygen atoms in total. The lowest BCUT2D eigenvalue weighted by Gasteiger charge is -2.06. The number of nitrogens with zero attached hydrogens (tertiary/aromatic N) is 2. The number of benzene rings is 1. The standard InChI is InChI=1S/C14H9Cl2N3O/c15-12-5-11(8-18-13(12)16)14(20)19-7-10-3-1-2-9(4-10)6-17/h1-5,8H,7H2,(H,19,20). The van der Waals surface area contributed by atoms with Crippen molar-refractivity contribution in [2.24, 2.45) is 0 Å². The maximum Gasteiger partial charge on any atom is 0.253 e. The van der Waals surface area contributed by atoms with E-state index in [9.17, 15) is 4.79 Å². The van der Waals surface area contributed by atoms with Crippen molar-refractivity contribution in [3.8, 4) is 6.07 Å². The van der Waals surface area contributed by atoms with Gasteiger partial charge in [0.25, 0.3) is 5.91 Å². The summed E-state index contributed by atoms with van der Waals surface area (Å²) in [6, 6.07) is 10.5. The molecule has 1 N–H and O–H groups in total. The summed E-state index contributed by atoms with van der Waals surface area (Å²) in [5, 5.41) is 11.9. The third kappa shape index (κ3) is 3.47. The topological polar surface area (TPSA) is 65.8 Å². The van der Waals surface area contributed by atoms with Gasteiger partial charge in [-0.1, -0.05) is 35.3 Å². The summed E-state index contributed by atoms with van der Waals surface area (Å²) in [5.74, 6) is -0.307. The van der Waals surface area contributed by atoms with Gasteiger partial charge in [-0.05, 0) is 23.8 Å². The van der Waals surface area contributed by atoms with Gasteiger partial charge in [0.1, 0.15) is 5.15 Å². The van der Waals surface area contributed by atoms with Gasteiger partial charge in [0, 0.05) is 12.7 Å². The quantitative estimate of drug-likeness (QED) is 0.886. The highest BCUT2D eigenvalue weighted by atomic mass is 35.5. The van der Waals surface area contributed by atoms with E-state index in [0.29, 0.717) is 17.7 Å². The third-order valence-electron chi connectivity index (χ3n) is 2.57. The fourth-order valence-electron chi connectivity index (χ4n) is 1.58. The molecule has 6 heteroatoms. The smallest absolute Gasteiger partial charge is 0.253 e. The first-order valence-electron chi connectivity index (χ1n) is 5.68. The molecular formula is C14H9Cl2N3O. The second-order valence-electron chi connectivity index (χ2n) is 3.99. The van der Waals surface area contributed by atoms with Crippen molar-refractivity contribution in [1.82, 2.24) is 10.3 Å². The first kappa shape index (κ1) is 14.3. The van der Waals surface area contributed by atoms with Crippen LogP contribution in [-0.4, -0.2) is 10.9 Å². The van der Waals surface area contributed by atoms with Crippen molar-refractivity contribution in [3.05, 3.63) is 63.4 Å². The fraction of sp³-hybridized carbons (Fsp3) is 0.0714. The largest absolute Gasteiger partial charge is 0.348 e. The number of amides is 1. The minimum Gasteiger partial charge on any atom is -0.348 e. The van der Waals surface area contributed by atoms with Crippen molar-refractivity contribution in [3.63, 3.8) is 0 Å². The zero-order valence-corrected chi connectivity index (χ0v) is 11.7. The molecule has 0 aliphatic carbocycles. The van der Waals surface area contributed by atoms with Gasteiger partial charge in [0.05, 0.1) is 22.2 Å². The zero-order valence-electron chi connectivity index (χ0n) is 10.2. The van der Waals surface area contributed by atoms with Crippen LogP contribution in [0.1, 0.15) is 21.5 Å². The van der Waals surface area contributed by atoms with Crippen LogP contribution in [0.15, 0.2) is 36.5 Å². The van der Waals surface area contributed by atoms with E-state index < -0.39 is 0 Å². The van der Waals surface area contributed by atoms with Crippen LogP contribution in [0.2, 0.25) is 10.2 Å². The lowest BCUT2D eigenvalue weighted by atomic mass is 10.1. The average molecular weight is 306 g/mol. The molecule has 1 aromatic carbocycles. The minimum absolute atomic E-state index is 0.157. The van der Waals surface area contributed by atoms with Gasteiger partial charge >= 0.3 is 0 Å². The van der Waals surface area contributed by atoms with E-state index in [2.05, 4.69) is 10.3 Å². The number of hydrogen-bond acceptors (Lipinski definition) is 3. The highest BCUT2D eigenvalue weighted by Gasteiger charge is 2.08. The van der Waals surface area contributed by atoms with Crippen molar-refractivity contribution in [2.75, 3.05) is 0 Å². The number of aromatic nitrogens is 1. The molecule has 0 bridgehead atoms. The highest BCUT2D eigenvalue weighted by Crippen LogP contribution is 2.19. The summed E-state index contributed by atoms with van der Waals surface area (Å²) in [5.41, 5.74) is 1.72. The number of nitrogens with one attached hydrogen (secondary N) is 1. The highest BCUT2D eigenvalue weighted by molar-refractivity contribution is 6.41. The lowest BCUT2D eigenvalue weighted by molar-refractivity contribution is 0.0950. The molecule has 1 aromatic heterocycles. The van der Waals surface area contributed by atoms with Crippen LogP contribution in [0.3, 0.4) is 0 Å². The van der Waals surface area contributed by atoms with Crippen LogP contribution >= 0.6 is 23.2 Å². The third-order valence-corrected chi connectivity index (χ3v) is 3.25. The summed E-state index contributed by atoms with van der Waals surface area (Å²) >= 11 is 11.5. The van der Waals surface area contributed by atoms with Gasteiger partial charge in [-0.2, -0.15) is 5.26 Å². The SMILES string of the molecule is N#Cc1cccc(CNC(=O)c2cnc(Cl)c(Cl)c2)c1. The maximum absolute atomic E-state index is 11.9. The van der Waals surface area contributed by atoms with Crippen molar-refractivity contribution < 1.29 is 4.79 Å². The number of carbonyl (C=O) groups excluding carboxylic acids is 1. The zero-order chi connectivity index (χ0) is 14.5. The Kier molecular flexibility index (Phi) is 4.57. The van der Waals surface area contributed by atoms with Crippen LogP contribution in [-0.2, 0) is 6.54 Å². The predicted octanol–water partition coefficient (Wildman–Crippen LogP) is 3.19. The Morgan fingerprint density at radius 2 is 2.15 bits per heavy atom. The van der Waals surface area contributed by atoms with Crippen LogP contribution in [0.25, 0.3) is 0 Å². The van der Waals surface area contributed by atoms with Gasteiger partial charge in [0.2, 0.25) is 0 Å². The van der Waals surface area contributed by atoms with Crippen LogP contribution in [0, 0.1) is 11.3 Å². The van der Waals surface area contributed by atoms with Gasteiger partial charge < -0.3 is 5.32 Å². The Labute approximate surface area is 126 Å². The Bertz CT molecular complexity index is 695. The molecule has 1 heterocycles. The summed E-state index contributed by atoms with van der Waals surface area (Å²) in [7, 11) is 0. The van der Waals surface area contributed by atoms with Crippen LogP contribution in [0.5, 0.6) is 0 Å². The molecule has 0 radical (unpaired) electrons. The predicted molar refractivity (Wildman–Crippen MR) is 76.6 cm³/mol. The molecule has 1 amide bonds. The molecule has 0 unspecified atom stereocenters. The maximum atomic E-state index is 11.9. The van der Waals surface area contributed by atoms with E-state index in [4.69, 9.17) is 28.5 Å². The van der Waals surface area contributed by atoms with Crippen LogP contribution in [0.4, 0.5) is 0 Å². The number of carbonyl (C=O) groups is 1. The van der Waals surface area contributed by atoms with Crippen molar-refractivity contribution >= 4 is 29.1 Å². The average Bonchev–Trinajstić information content (AvgIpc) is 2.47. The van der Waals surface area contributed by atoms with E-state index in [1.165, 1.54) is 12.3 Å². The molecule has 0 atom stereocenters. The number of nitriles is 1. The molecule has 2 rings (SSSR count). The van der Waals surface area contributed by atoms with Gasteiger partial charge in [-0.25, -0.2) is 4.98 Å². The second kappa shape index (κ2) is 6.38. The number of halogens is 2. The monoisotopic (exact) mass is 305 g/mol. The molecule has 0 fully saturated rings. The number of rotatable bonds is 3. The normalized spacial score (nSPS) is 9.85. The molecule has 0 aliphatic heterocycles. The van der Waals surface area contributed by atoms with E-state index in [1.807, 2.05) is 12.1 Å². The molecule has 2 aromatic rings. The Morgan fingerprint density at radius 1 is 1.35 bits per heavy atom. The minimum atomic E-state index is -0.307. The Balaban J connectivity index is 2.05. The van der Waals surface area contributed by atoms with Crippen molar-refractivity contribution in [1.29, 1.82) is 5.26 Å². The second-order valence-corrected chi connectivity index (χ2v) is 4.76. The summed E-state index contributed by atoms with van der Waals surface area (Å²) in [6.07, 6.45) is 1.36. The summed E-state index contributed by atoms with van der Waals surface area (Å²) in [4.78, 5) is 15.7. The van der Waals surface area contributed by atoms with Crippen LogP contribution < -0.4 is 5.32 Å². The first-order valence-corrected chi connectivity index (χ1v) is 6.44. The molecule has 0 saturated carbocycles. The van der Waals surface area contributed by atoms with E-state index in [-0.39, 0.29) is 16.1 Å². The fourth-order valence-corrected chi connectivity index (χ4v) is 1.85. The van der Waals surface area contributed by atoms with Gasteiger partial charge in [-0.3, -0.25) is 4.79 Å². The molecule has 0 saturated heterocycles. The lowest BCUT2D eigenvalue weighted by Crippen LogP contribution is -2.23. The Morgan fingerprint density at radius 3 is 2.85 bits per heavy atom. The van der Waals surface area contributed by atoms with Gasteiger partial charge in [-0.15, -0.1) is 0 Å². The first-order chi connectivity index (χ1) is 9.60. The van der Waals surface area contributed by atoms with Gasteiger partial charge in [0.15, 0.2) is 0 Å². The molecular weight excluding hydrogens is 297 g/mol. The van der Waals surface area contributed by atoms with Crippen molar-refractivity contribution in [2.45, 2.75) is 6.54 Å². The Hall–Kier alpha value is -2.09. The number of pyridine rings is 1. The number of hydrogen-bond donors (Lipinski definition) is 1. The molecule has 100 valence electrons. The van der Waals surface area contributed by atoms with E-state index >= 15 is 0 Å². The summed E-state index contributed by atoms with van der Waals surface area (Å²) < 4.78 is 0.